The van der Waals surface area contributed by atoms with Crippen LogP contribution < -0.4 is 10.9 Å². The summed E-state index contributed by atoms with van der Waals surface area (Å²) in [6.45, 7) is 0. The molecule has 1 saturated carbocycles. The number of carbonyl (C=O) groups excluding carboxylic acids is 1. The summed E-state index contributed by atoms with van der Waals surface area (Å²) >= 11 is 0. The SMILES string of the molecule is O=C(O)C1CCC(C(=O)Nc2ccc(=O)[nH]n2)CC1. The third-order valence-corrected chi connectivity index (χ3v) is 3.38. The summed E-state index contributed by atoms with van der Waals surface area (Å²) in [5.74, 6) is -1.20. The fourth-order valence-electron chi connectivity index (χ4n) is 2.24. The molecule has 19 heavy (non-hydrogen) atoms. The molecule has 1 amide bonds. The molecule has 0 aliphatic heterocycles. The van der Waals surface area contributed by atoms with Gasteiger partial charge in [-0.3, -0.25) is 14.4 Å². The Balaban J connectivity index is 1.89. The van der Waals surface area contributed by atoms with E-state index in [0.717, 1.165) is 0 Å². The van der Waals surface area contributed by atoms with Gasteiger partial charge in [-0.15, -0.1) is 0 Å². The van der Waals surface area contributed by atoms with Crippen LogP contribution in [0.15, 0.2) is 16.9 Å². The molecule has 1 aliphatic carbocycles. The van der Waals surface area contributed by atoms with Gasteiger partial charge in [-0.05, 0) is 31.7 Å². The summed E-state index contributed by atoms with van der Waals surface area (Å²) in [4.78, 5) is 33.6. The van der Waals surface area contributed by atoms with E-state index < -0.39 is 5.97 Å². The van der Waals surface area contributed by atoms with Gasteiger partial charge in [-0.2, -0.15) is 5.10 Å². The van der Waals surface area contributed by atoms with Crippen molar-refractivity contribution in [1.29, 1.82) is 0 Å². The summed E-state index contributed by atoms with van der Waals surface area (Å²) in [7, 11) is 0. The van der Waals surface area contributed by atoms with E-state index in [2.05, 4.69) is 15.5 Å². The molecule has 7 heteroatoms. The summed E-state index contributed by atoms with van der Waals surface area (Å²) in [6.07, 6.45) is 2.16. The third-order valence-electron chi connectivity index (χ3n) is 3.38. The molecule has 1 aromatic rings. The molecule has 0 aromatic carbocycles. The zero-order valence-corrected chi connectivity index (χ0v) is 10.3. The van der Waals surface area contributed by atoms with Gasteiger partial charge < -0.3 is 10.4 Å². The van der Waals surface area contributed by atoms with Crippen molar-refractivity contribution in [2.75, 3.05) is 5.32 Å². The van der Waals surface area contributed by atoms with Crippen molar-refractivity contribution in [2.24, 2.45) is 11.8 Å². The molecule has 0 bridgehead atoms. The number of carboxylic acid groups (broad SMARTS) is 1. The van der Waals surface area contributed by atoms with E-state index in [1.165, 1.54) is 12.1 Å². The average molecular weight is 265 g/mol. The predicted octanol–water partition coefficient (Wildman–Crippen LogP) is 0.599. The lowest BCUT2D eigenvalue weighted by Crippen LogP contribution is -2.30. The Hall–Kier alpha value is -2.18. The number of hydrogen-bond donors (Lipinski definition) is 3. The molecule has 0 radical (unpaired) electrons. The van der Waals surface area contributed by atoms with Crippen LogP contribution in [0.1, 0.15) is 25.7 Å². The molecule has 0 saturated heterocycles. The molecule has 0 spiro atoms. The maximum Gasteiger partial charge on any atom is 0.306 e. The number of hydrogen-bond acceptors (Lipinski definition) is 4. The highest BCUT2D eigenvalue weighted by Gasteiger charge is 2.29. The lowest BCUT2D eigenvalue weighted by Gasteiger charge is -2.24. The number of rotatable bonds is 3. The predicted molar refractivity (Wildman–Crippen MR) is 66.6 cm³/mol. The minimum Gasteiger partial charge on any atom is -0.481 e. The summed E-state index contributed by atoms with van der Waals surface area (Å²) in [5, 5.41) is 17.4. The van der Waals surface area contributed by atoms with E-state index in [-0.39, 0.29) is 23.3 Å². The maximum atomic E-state index is 11.9. The first-order chi connectivity index (χ1) is 9.06. The van der Waals surface area contributed by atoms with E-state index in [1.807, 2.05) is 0 Å². The number of aliphatic carboxylic acids is 1. The van der Waals surface area contributed by atoms with Crippen LogP contribution >= 0.6 is 0 Å². The van der Waals surface area contributed by atoms with E-state index in [0.29, 0.717) is 31.5 Å². The monoisotopic (exact) mass is 265 g/mol. The van der Waals surface area contributed by atoms with Crippen LogP contribution in [0.4, 0.5) is 5.82 Å². The van der Waals surface area contributed by atoms with Crippen molar-refractivity contribution in [3.05, 3.63) is 22.5 Å². The number of nitrogens with zero attached hydrogens (tertiary/aromatic N) is 1. The molecular weight excluding hydrogens is 250 g/mol. The first-order valence-corrected chi connectivity index (χ1v) is 6.15. The Morgan fingerprint density at radius 3 is 2.37 bits per heavy atom. The highest BCUT2D eigenvalue weighted by molar-refractivity contribution is 5.91. The standard InChI is InChI=1S/C12H15N3O4/c16-10-6-5-9(14-15-10)13-11(17)7-1-3-8(4-2-7)12(18)19/h5-8H,1-4H2,(H,15,16)(H,18,19)(H,13,14,17). The van der Waals surface area contributed by atoms with Gasteiger partial charge in [0, 0.05) is 12.0 Å². The van der Waals surface area contributed by atoms with Gasteiger partial charge in [-0.25, -0.2) is 5.10 Å². The highest BCUT2D eigenvalue weighted by Crippen LogP contribution is 2.29. The molecule has 1 heterocycles. The van der Waals surface area contributed by atoms with Crippen molar-refractivity contribution < 1.29 is 14.7 Å². The molecule has 7 nitrogen and oxygen atoms in total. The van der Waals surface area contributed by atoms with Crippen LogP contribution in [0.25, 0.3) is 0 Å². The molecule has 0 atom stereocenters. The zero-order chi connectivity index (χ0) is 13.8. The first-order valence-electron chi connectivity index (χ1n) is 6.15. The summed E-state index contributed by atoms with van der Waals surface area (Å²) < 4.78 is 0. The van der Waals surface area contributed by atoms with Gasteiger partial charge in [0.05, 0.1) is 5.92 Å². The quantitative estimate of drug-likeness (QED) is 0.740. The number of amides is 1. The van der Waals surface area contributed by atoms with Gasteiger partial charge in [-0.1, -0.05) is 0 Å². The van der Waals surface area contributed by atoms with E-state index in [1.54, 1.807) is 0 Å². The van der Waals surface area contributed by atoms with Crippen LogP contribution in [0.2, 0.25) is 0 Å². The van der Waals surface area contributed by atoms with Crippen molar-refractivity contribution in [3.8, 4) is 0 Å². The van der Waals surface area contributed by atoms with Gasteiger partial charge in [0.2, 0.25) is 5.91 Å². The Labute approximate surface area is 109 Å². The normalized spacial score (nSPS) is 22.7. The third kappa shape index (κ3) is 3.40. The van der Waals surface area contributed by atoms with Gasteiger partial charge in [0.1, 0.15) is 0 Å². The Morgan fingerprint density at radius 1 is 1.21 bits per heavy atom. The fourth-order valence-corrected chi connectivity index (χ4v) is 2.24. The number of anilines is 1. The molecule has 1 aliphatic rings. The van der Waals surface area contributed by atoms with Gasteiger partial charge in [0.15, 0.2) is 5.82 Å². The van der Waals surface area contributed by atoms with Crippen LogP contribution in [-0.2, 0) is 9.59 Å². The molecule has 2 rings (SSSR count). The molecule has 3 N–H and O–H groups in total. The maximum absolute atomic E-state index is 11.9. The van der Waals surface area contributed by atoms with Crippen LogP contribution in [0, 0.1) is 11.8 Å². The number of carboxylic acids is 1. The fraction of sp³-hybridized carbons (Fsp3) is 0.500. The van der Waals surface area contributed by atoms with E-state index >= 15 is 0 Å². The van der Waals surface area contributed by atoms with Gasteiger partial charge in [0.25, 0.3) is 5.56 Å². The topological polar surface area (TPSA) is 112 Å². The Morgan fingerprint density at radius 2 is 1.84 bits per heavy atom. The second kappa shape index (κ2) is 5.64. The zero-order valence-electron chi connectivity index (χ0n) is 10.3. The molecule has 102 valence electrons. The van der Waals surface area contributed by atoms with Crippen molar-refractivity contribution in [1.82, 2.24) is 10.2 Å². The lowest BCUT2D eigenvalue weighted by atomic mass is 9.81. The number of aromatic amines is 1. The van der Waals surface area contributed by atoms with Crippen LogP contribution in [0.3, 0.4) is 0 Å². The van der Waals surface area contributed by atoms with Crippen molar-refractivity contribution >= 4 is 17.7 Å². The number of nitrogens with one attached hydrogen (secondary N) is 2. The second-order valence-corrected chi connectivity index (χ2v) is 4.68. The Kier molecular flexibility index (Phi) is 3.94. The number of carbonyl (C=O) groups is 2. The molecule has 1 aromatic heterocycles. The minimum atomic E-state index is -0.791. The van der Waals surface area contributed by atoms with Crippen molar-refractivity contribution in [2.45, 2.75) is 25.7 Å². The smallest absolute Gasteiger partial charge is 0.306 e. The summed E-state index contributed by atoms with van der Waals surface area (Å²) in [5.41, 5.74) is -0.333. The summed E-state index contributed by atoms with van der Waals surface area (Å²) in [6, 6.07) is 2.71. The largest absolute Gasteiger partial charge is 0.481 e. The van der Waals surface area contributed by atoms with Crippen molar-refractivity contribution in [3.63, 3.8) is 0 Å². The number of aromatic nitrogens is 2. The first kappa shape index (κ1) is 13.3. The van der Waals surface area contributed by atoms with E-state index in [4.69, 9.17) is 5.11 Å². The van der Waals surface area contributed by atoms with Gasteiger partial charge >= 0.3 is 5.97 Å². The highest BCUT2D eigenvalue weighted by atomic mass is 16.4. The van der Waals surface area contributed by atoms with Crippen LogP contribution in [-0.4, -0.2) is 27.2 Å². The molecule has 1 fully saturated rings. The van der Waals surface area contributed by atoms with E-state index in [9.17, 15) is 14.4 Å². The molecular formula is C12H15N3O4. The van der Waals surface area contributed by atoms with Crippen LogP contribution in [0.5, 0.6) is 0 Å². The Bertz CT molecular complexity index is 512. The minimum absolute atomic E-state index is 0.177. The molecule has 0 unspecified atom stereocenters. The number of H-pyrrole nitrogens is 1. The second-order valence-electron chi connectivity index (χ2n) is 4.68. The lowest BCUT2D eigenvalue weighted by molar-refractivity contribution is -0.143. The average Bonchev–Trinajstić information content (AvgIpc) is 2.41.